The molecular weight excluding hydrogens is 216 g/mol. The molecule has 1 aliphatic rings. The summed E-state index contributed by atoms with van der Waals surface area (Å²) >= 11 is 0. The van der Waals surface area contributed by atoms with E-state index in [0.29, 0.717) is 13.2 Å². The number of carbonyl (C=O) groups is 2. The number of methoxy groups -OCH3 is 1. The molecule has 0 aromatic carbocycles. The van der Waals surface area contributed by atoms with Crippen LogP contribution in [-0.4, -0.2) is 56.1 Å². The first-order chi connectivity index (χ1) is 7.63. The normalized spacial score (nSPS) is 21.2. The maximum absolute atomic E-state index is 11.3. The van der Waals surface area contributed by atoms with Crippen LogP contribution in [0.1, 0.15) is 6.42 Å². The van der Waals surface area contributed by atoms with Crippen LogP contribution in [0, 0.1) is 0 Å². The van der Waals surface area contributed by atoms with Gasteiger partial charge in [0, 0.05) is 6.61 Å². The molecular formula is C9H16N2O5. The molecule has 2 amide bonds. The van der Waals surface area contributed by atoms with Crippen LogP contribution in [0.5, 0.6) is 0 Å². The third kappa shape index (κ3) is 4.03. The fourth-order valence-corrected chi connectivity index (χ4v) is 1.29. The Bertz CT molecular complexity index is 252. The van der Waals surface area contributed by atoms with E-state index in [2.05, 4.69) is 15.4 Å². The standard InChI is InChI=1S/C9H16N2O5/c1-15-8(13)7(12)4-10-9(14)11-6-2-3-16-5-6/h6-7,12H,2-5H2,1H3,(H2,10,11,14). The van der Waals surface area contributed by atoms with E-state index in [1.165, 1.54) is 7.11 Å². The molecule has 7 heteroatoms. The number of urea groups is 1. The van der Waals surface area contributed by atoms with Crippen molar-refractivity contribution in [2.24, 2.45) is 0 Å². The molecule has 0 spiro atoms. The maximum Gasteiger partial charge on any atom is 0.336 e. The average molecular weight is 232 g/mol. The minimum absolute atomic E-state index is 0.00438. The molecule has 0 aliphatic carbocycles. The van der Waals surface area contributed by atoms with E-state index in [9.17, 15) is 14.7 Å². The molecule has 0 aromatic rings. The predicted octanol–water partition coefficient (Wildman–Crippen LogP) is -1.39. The number of carbonyl (C=O) groups excluding carboxylic acids is 2. The van der Waals surface area contributed by atoms with Crippen molar-refractivity contribution >= 4 is 12.0 Å². The number of nitrogens with one attached hydrogen (secondary N) is 2. The predicted molar refractivity (Wildman–Crippen MR) is 53.8 cm³/mol. The molecule has 16 heavy (non-hydrogen) atoms. The van der Waals surface area contributed by atoms with Crippen LogP contribution in [0.3, 0.4) is 0 Å². The largest absolute Gasteiger partial charge is 0.467 e. The highest BCUT2D eigenvalue weighted by Gasteiger charge is 2.19. The van der Waals surface area contributed by atoms with E-state index < -0.39 is 18.1 Å². The molecule has 7 nitrogen and oxygen atoms in total. The topological polar surface area (TPSA) is 96.9 Å². The summed E-state index contributed by atoms with van der Waals surface area (Å²) in [5.41, 5.74) is 0. The quantitative estimate of drug-likeness (QED) is 0.518. The van der Waals surface area contributed by atoms with Crippen LogP contribution < -0.4 is 10.6 Å². The Hall–Kier alpha value is -1.34. The van der Waals surface area contributed by atoms with Gasteiger partial charge in [-0.1, -0.05) is 0 Å². The van der Waals surface area contributed by atoms with Crippen LogP contribution in [0.2, 0.25) is 0 Å². The summed E-state index contributed by atoms with van der Waals surface area (Å²) < 4.78 is 9.37. The fourth-order valence-electron chi connectivity index (χ4n) is 1.29. The number of hydrogen-bond donors (Lipinski definition) is 3. The number of esters is 1. The number of aliphatic hydroxyl groups excluding tert-OH is 1. The van der Waals surface area contributed by atoms with E-state index >= 15 is 0 Å². The third-order valence-electron chi connectivity index (χ3n) is 2.19. The summed E-state index contributed by atoms with van der Waals surface area (Å²) in [6.07, 6.45) is -0.567. The van der Waals surface area contributed by atoms with E-state index in [1.54, 1.807) is 0 Å². The Morgan fingerprint density at radius 3 is 2.94 bits per heavy atom. The van der Waals surface area contributed by atoms with Gasteiger partial charge >= 0.3 is 12.0 Å². The number of aliphatic hydroxyl groups is 1. The number of amides is 2. The van der Waals surface area contributed by atoms with Crippen molar-refractivity contribution < 1.29 is 24.2 Å². The van der Waals surface area contributed by atoms with E-state index in [1.807, 2.05) is 0 Å². The first-order valence-corrected chi connectivity index (χ1v) is 5.01. The summed E-state index contributed by atoms with van der Waals surface area (Å²) in [7, 11) is 1.17. The molecule has 1 heterocycles. The second-order valence-corrected chi connectivity index (χ2v) is 3.45. The van der Waals surface area contributed by atoms with Crippen molar-refractivity contribution in [3.05, 3.63) is 0 Å². The van der Waals surface area contributed by atoms with Crippen molar-refractivity contribution in [3.8, 4) is 0 Å². The molecule has 1 fully saturated rings. The van der Waals surface area contributed by atoms with Gasteiger partial charge in [0.2, 0.25) is 0 Å². The van der Waals surface area contributed by atoms with E-state index in [0.717, 1.165) is 6.42 Å². The summed E-state index contributed by atoms with van der Waals surface area (Å²) in [4.78, 5) is 22.1. The molecule has 3 N–H and O–H groups in total. The SMILES string of the molecule is COC(=O)C(O)CNC(=O)NC1CCOC1. The molecule has 0 saturated carbocycles. The van der Waals surface area contributed by atoms with Gasteiger partial charge in [-0.05, 0) is 6.42 Å². The van der Waals surface area contributed by atoms with Gasteiger partial charge in [-0.25, -0.2) is 9.59 Å². The molecule has 0 aromatic heterocycles. The van der Waals surface area contributed by atoms with Gasteiger partial charge in [0.25, 0.3) is 0 Å². The third-order valence-corrected chi connectivity index (χ3v) is 2.19. The fraction of sp³-hybridized carbons (Fsp3) is 0.778. The molecule has 92 valence electrons. The summed E-state index contributed by atoms with van der Waals surface area (Å²) in [5, 5.41) is 14.2. The zero-order valence-electron chi connectivity index (χ0n) is 9.06. The molecule has 1 saturated heterocycles. The van der Waals surface area contributed by atoms with Crippen LogP contribution in [0.15, 0.2) is 0 Å². The lowest BCUT2D eigenvalue weighted by molar-refractivity contribution is -0.149. The van der Waals surface area contributed by atoms with E-state index in [-0.39, 0.29) is 12.6 Å². The van der Waals surface area contributed by atoms with Crippen LogP contribution in [-0.2, 0) is 14.3 Å². The first kappa shape index (κ1) is 12.7. The van der Waals surface area contributed by atoms with Crippen molar-refractivity contribution in [3.63, 3.8) is 0 Å². The number of rotatable bonds is 4. The Morgan fingerprint density at radius 2 is 2.38 bits per heavy atom. The minimum Gasteiger partial charge on any atom is -0.467 e. The first-order valence-electron chi connectivity index (χ1n) is 5.01. The highest BCUT2D eigenvalue weighted by Crippen LogP contribution is 2.02. The lowest BCUT2D eigenvalue weighted by Crippen LogP contribution is -2.46. The van der Waals surface area contributed by atoms with Gasteiger partial charge in [-0.15, -0.1) is 0 Å². The monoisotopic (exact) mass is 232 g/mol. The number of hydrogen-bond acceptors (Lipinski definition) is 5. The second-order valence-electron chi connectivity index (χ2n) is 3.45. The Morgan fingerprint density at radius 1 is 1.62 bits per heavy atom. The summed E-state index contributed by atoms with van der Waals surface area (Å²) in [5.74, 6) is -0.774. The summed E-state index contributed by atoms with van der Waals surface area (Å²) in [6.45, 7) is 0.953. The Balaban J connectivity index is 2.16. The molecule has 1 rings (SSSR count). The van der Waals surface area contributed by atoms with Crippen LogP contribution in [0.4, 0.5) is 4.79 Å². The second kappa shape index (κ2) is 6.29. The molecule has 0 radical (unpaired) electrons. The number of ether oxygens (including phenoxy) is 2. The van der Waals surface area contributed by atoms with Crippen LogP contribution >= 0.6 is 0 Å². The molecule has 0 bridgehead atoms. The van der Waals surface area contributed by atoms with Gasteiger partial charge in [-0.3, -0.25) is 0 Å². The minimum atomic E-state index is -1.34. The molecule has 2 atom stereocenters. The smallest absolute Gasteiger partial charge is 0.336 e. The zero-order chi connectivity index (χ0) is 12.0. The van der Waals surface area contributed by atoms with Crippen molar-refractivity contribution in [1.29, 1.82) is 0 Å². The van der Waals surface area contributed by atoms with Gasteiger partial charge in [0.1, 0.15) is 0 Å². The average Bonchev–Trinajstić information content (AvgIpc) is 2.77. The maximum atomic E-state index is 11.3. The zero-order valence-corrected chi connectivity index (χ0v) is 9.06. The molecule has 1 aliphatic heterocycles. The Labute approximate surface area is 93.1 Å². The van der Waals surface area contributed by atoms with Gasteiger partial charge < -0.3 is 25.2 Å². The lowest BCUT2D eigenvalue weighted by Gasteiger charge is -2.13. The summed E-state index contributed by atoms with van der Waals surface area (Å²) in [6, 6.07) is -0.436. The van der Waals surface area contributed by atoms with E-state index in [4.69, 9.17) is 4.74 Å². The lowest BCUT2D eigenvalue weighted by atomic mass is 10.3. The Kier molecular flexibility index (Phi) is 5.00. The van der Waals surface area contributed by atoms with Gasteiger partial charge in [0.05, 0.1) is 26.3 Å². The van der Waals surface area contributed by atoms with Gasteiger partial charge in [-0.2, -0.15) is 0 Å². The van der Waals surface area contributed by atoms with Crippen LogP contribution in [0.25, 0.3) is 0 Å². The molecule has 2 unspecified atom stereocenters. The highest BCUT2D eigenvalue weighted by atomic mass is 16.5. The van der Waals surface area contributed by atoms with Gasteiger partial charge in [0.15, 0.2) is 6.10 Å². The van der Waals surface area contributed by atoms with Crippen molar-refractivity contribution in [2.75, 3.05) is 26.9 Å². The highest BCUT2D eigenvalue weighted by molar-refractivity contribution is 5.77. The van der Waals surface area contributed by atoms with Crippen molar-refractivity contribution in [1.82, 2.24) is 10.6 Å². The van der Waals surface area contributed by atoms with Crippen molar-refractivity contribution in [2.45, 2.75) is 18.6 Å².